The molecule has 29 heavy (non-hydrogen) atoms. The van der Waals surface area contributed by atoms with Gasteiger partial charge >= 0.3 is 6.16 Å². The van der Waals surface area contributed by atoms with Crippen LogP contribution in [0, 0.1) is 11.6 Å². The fourth-order valence-corrected chi connectivity index (χ4v) is 4.09. The lowest BCUT2D eigenvalue weighted by molar-refractivity contribution is 0.143. The predicted molar refractivity (Wildman–Crippen MR) is 104 cm³/mol. The normalized spacial score (nSPS) is 22.9. The smallest absolute Gasteiger partial charge is 0.449 e. The molecule has 4 rings (SSSR count). The van der Waals surface area contributed by atoms with Crippen molar-refractivity contribution >= 4 is 22.7 Å². The van der Waals surface area contributed by atoms with Crippen molar-refractivity contribution in [2.24, 2.45) is 0 Å². The molecule has 2 aromatic rings. The number of likely N-dealkylation sites (N-methyl/N-ethyl adjacent to an activating group) is 1. The summed E-state index contributed by atoms with van der Waals surface area (Å²) in [5, 5.41) is 8.66. The van der Waals surface area contributed by atoms with Gasteiger partial charge in [0.2, 0.25) is 5.43 Å². The first-order chi connectivity index (χ1) is 13.7. The standard InChI is InChI=1S/C20H23F2N3O4/c1-10-7-24(8-11(2)23(10)3)18-14(21)6-13-17(16(18)22)25(12-4-5-12)9-15(19(13)26)29-20(27)28/h6,9-12H,4-5,7-8H2,1-3H3,(H,27,28). The second-order valence-electron chi connectivity index (χ2n) is 8.01. The SMILES string of the molecule is CC1CN(c2c(F)cc3c(=O)c(OC(=O)O)cn(C4CC4)c3c2F)CC(C)N1C. The Morgan fingerprint density at radius 1 is 1.21 bits per heavy atom. The van der Waals surface area contributed by atoms with Crippen LogP contribution in [0.1, 0.15) is 32.7 Å². The van der Waals surface area contributed by atoms with Gasteiger partial charge in [0.05, 0.1) is 17.1 Å². The number of hydrogen-bond acceptors (Lipinski definition) is 5. The Morgan fingerprint density at radius 3 is 2.38 bits per heavy atom. The van der Waals surface area contributed by atoms with E-state index in [1.165, 1.54) is 10.8 Å². The second-order valence-corrected chi connectivity index (χ2v) is 8.01. The summed E-state index contributed by atoms with van der Waals surface area (Å²) in [5.74, 6) is -2.09. The molecule has 2 atom stereocenters. The Hall–Kier alpha value is -2.68. The topological polar surface area (TPSA) is 75.0 Å². The number of fused-ring (bicyclic) bond motifs is 1. The highest BCUT2D eigenvalue weighted by Gasteiger charge is 2.33. The van der Waals surface area contributed by atoms with Crippen LogP contribution in [0.25, 0.3) is 10.9 Å². The van der Waals surface area contributed by atoms with Crippen LogP contribution in [0.5, 0.6) is 5.75 Å². The van der Waals surface area contributed by atoms with Crippen molar-refractivity contribution in [3.05, 3.63) is 34.1 Å². The molecule has 2 aliphatic rings. The van der Waals surface area contributed by atoms with Gasteiger partial charge in [-0.1, -0.05) is 0 Å². The number of carbonyl (C=O) groups is 1. The van der Waals surface area contributed by atoms with Crippen LogP contribution in [0.3, 0.4) is 0 Å². The lowest BCUT2D eigenvalue weighted by Crippen LogP contribution is -2.55. The summed E-state index contributed by atoms with van der Waals surface area (Å²) in [5.41, 5.74) is -1.00. The van der Waals surface area contributed by atoms with E-state index in [0.717, 1.165) is 18.9 Å². The molecule has 1 N–H and O–H groups in total. The monoisotopic (exact) mass is 407 g/mol. The van der Waals surface area contributed by atoms with Gasteiger partial charge in [0, 0.05) is 31.2 Å². The maximum absolute atomic E-state index is 15.7. The molecule has 0 radical (unpaired) electrons. The number of nitrogens with zero attached hydrogens (tertiary/aromatic N) is 3. The number of hydrogen-bond donors (Lipinski definition) is 1. The van der Waals surface area contributed by atoms with Crippen molar-refractivity contribution in [3.63, 3.8) is 0 Å². The molecule has 2 unspecified atom stereocenters. The summed E-state index contributed by atoms with van der Waals surface area (Å²) in [4.78, 5) is 27.4. The minimum atomic E-state index is -1.65. The van der Waals surface area contributed by atoms with Gasteiger partial charge in [-0.2, -0.15) is 0 Å². The van der Waals surface area contributed by atoms with Crippen LogP contribution < -0.4 is 15.1 Å². The van der Waals surface area contributed by atoms with E-state index in [0.29, 0.717) is 13.1 Å². The molecule has 0 spiro atoms. The first-order valence-corrected chi connectivity index (χ1v) is 9.63. The minimum absolute atomic E-state index is 0.00845. The number of halogens is 2. The number of piperazine rings is 1. The lowest BCUT2D eigenvalue weighted by atomic mass is 10.1. The van der Waals surface area contributed by atoms with Crippen LogP contribution >= 0.6 is 0 Å². The van der Waals surface area contributed by atoms with E-state index in [-0.39, 0.29) is 34.7 Å². The highest BCUT2D eigenvalue weighted by molar-refractivity contribution is 5.86. The number of pyridine rings is 1. The van der Waals surface area contributed by atoms with Crippen LogP contribution in [0.4, 0.5) is 19.3 Å². The highest BCUT2D eigenvalue weighted by Crippen LogP contribution is 2.40. The third kappa shape index (κ3) is 3.33. The molecule has 1 saturated heterocycles. The number of anilines is 1. The highest BCUT2D eigenvalue weighted by atomic mass is 19.1. The quantitative estimate of drug-likeness (QED) is 0.788. The summed E-state index contributed by atoms with van der Waals surface area (Å²) in [6, 6.07) is 1.12. The Balaban J connectivity index is 1.92. The van der Waals surface area contributed by atoms with Crippen LogP contribution in [-0.2, 0) is 0 Å². The van der Waals surface area contributed by atoms with Gasteiger partial charge in [0.15, 0.2) is 11.6 Å². The Morgan fingerprint density at radius 2 is 1.83 bits per heavy atom. The number of aromatic nitrogens is 1. The van der Waals surface area contributed by atoms with Crippen LogP contribution in [0.2, 0.25) is 0 Å². The largest absolute Gasteiger partial charge is 0.511 e. The van der Waals surface area contributed by atoms with Crippen molar-refractivity contribution in [1.82, 2.24) is 9.47 Å². The first kappa shape index (κ1) is 19.6. The molecule has 7 nitrogen and oxygen atoms in total. The van der Waals surface area contributed by atoms with Gasteiger partial charge in [-0.15, -0.1) is 0 Å². The van der Waals surface area contributed by atoms with E-state index < -0.39 is 29.0 Å². The molecule has 9 heteroatoms. The summed E-state index contributed by atoms with van der Waals surface area (Å²) in [6.07, 6.45) is 1.09. The summed E-state index contributed by atoms with van der Waals surface area (Å²) >= 11 is 0. The fraction of sp³-hybridized carbons (Fsp3) is 0.500. The third-order valence-electron chi connectivity index (χ3n) is 5.96. The zero-order valence-electron chi connectivity index (χ0n) is 16.5. The first-order valence-electron chi connectivity index (χ1n) is 9.63. The summed E-state index contributed by atoms with van der Waals surface area (Å²) in [6.45, 7) is 4.90. The van der Waals surface area contributed by atoms with E-state index >= 15 is 8.78 Å². The molecule has 1 aliphatic heterocycles. The van der Waals surface area contributed by atoms with Gasteiger partial charge in [0.1, 0.15) is 11.5 Å². The zero-order valence-corrected chi connectivity index (χ0v) is 16.5. The van der Waals surface area contributed by atoms with Gasteiger partial charge in [-0.25, -0.2) is 13.6 Å². The molecule has 0 amide bonds. The molecule has 1 aromatic heterocycles. The average Bonchev–Trinajstić information content (AvgIpc) is 3.47. The number of rotatable bonds is 3. The lowest BCUT2D eigenvalue weighted by Gasteiger charge is -2.43. The fourth-order valence-electron chi connectivity index (χ4n) is 4.09. The van der Waals surface area contributed by atoms with Crippen molar-refractivity contribution < 1.29 is 23.4 Å². The summed E-state index contributed by atoms with van der Waals surface area (Å²) in [7, 11) is 1.98. The Kier molecular flexibility index (Phi) is 4.72. The maximum atomic E-state index is 15.7. The van der Waals surface area contributed by atoms with Gasteiger partial charge in [-0.05, 0) is 39.8 Å². The van der Waals surface area contributed by atoms with Crippen molar-refractivity contribution in [3.8, 4) is 5.75 Å². The molecule has 0 bridgehead atoms. The van der Waals surface area contributed by atoms with E-state index in [1.807, 2.05) is 20.9 Å². The number of carboxylic acid groups (broad SMARTS) is 1. The molecule has 1 aromatic carbocycles. The maximum Gasteiger partial charge on any atom is 0.511 e. The van der Waals surface area contributed by atoms with Gasteiger partial charge in [0.25, 0.3) is 0 Å². The van der Waals surface area contributed by atoms with E-state index in [2.05, 4.69) is 9.64 Å². The summed E-state index contributed by atoms with van der Waals surface area (Å²) < 4.78 is 36.8. The molecular weight excluding hydrogens is 384 g/mol. The number of benzene rings is 1. The van der Waals surface area contributed by atoms with E-state index in [4.69, 9.17) is 5.11 Å². The van der Waals surface area contributed by atoms with Crippen molar-refractivity contribution in [1.29, 1.82) is 0 Å². The van der Waals surface area contributed by atoms with Crippen molar-refractivity contribution in [2.45, 2.75) is 44.8 Å². The Labute approximate surface area is 166 Å². The molecule has 1 aliphatic carbocycles. The average molecular weight is 407 g/mol. The molecule has 2 fully saturated rings. The van der Waals surface area contributed by atoms with Crippen LogP contribution in [0.15, 0.2) is 17.1 Å². The molecule has 1 saturated carbocycles. The van der Waals surface area contributed by atoms with E-state index in [1.54, 1.807) is 4.90 Å². The second kappa shape index (κ2) is 6.98. The molecular formula is C20H23F2N3O4. The van der Waals surface area contributed by atoms with Crippen LogP contribution in [-0.4, -0.2) is 52.9 Å². The predicted octanol–water partition coefficient (Wildman–Crippen LogP) is 3.20. The van der Waals surface area contributed by atoms with E-state index in [9.17, 15) is 9.59 Å². The van der Waals surface area contributed by atoms with Crippen molar-refractivity contribution in [2.75, 3.05) is 25.0 Å². The van der Waals surface area contributed by atoms with Gasteiger partial charge < -0.3 is 19.3 Å². The zero-order chi connectivity index (χ0) is 21.0. The minimum Gasteiger partial charge on any atom is -0.449 e. The molecule has 2 heterocycles. The Bertz CT molecular complexity index is 1040. The van der Waals surface area contributed by atoms with Gasteiger partial charge in [-0.3, -0.25) is 9.69 Å². The number of ether oxygens (including phenoxy) is 1. The third-order valence-corrected chi connectivity index (χ3v) is 5.96. The molecule has 156 valence electrons.